The Morgan fingerprint density at radius 1 is 0.361 bits per heavy atom. The molecule has 9 aromatic carbocycles. The van der Waals surface area contributed by atoms with Crippen LogP contribution in [0.1, 0.15) is 230 Å². The number of halogens is 24. The molecular formula is C102H86F24N8O9S. The minimum Gasteiger partial charge on any atom is -0.496 e. The van der Waals surface area contributed by atoms with Crippen LogP contribution in [0, 0.1) is 20.8 Å². The normalized spacial score (nSPS) is 20.2. The van der Waals surface area contributed by atoms with Crippen LogP contribution in [0.25, 0.3) is 55.6 Å². The van der Waals surface area contributed by atoms with Gasteiger partial charge in [0.25, 0.3) is 10.2 Å². The van der Waals surface area contributed by atoms with Crippen LogP contribution in [-0.2, 0) is 59.6 Å². The number of aryl methyl sites for hydroxylation is 3. The average Bonchev–Trinajstić information content (AvgIpc) is 1.57. The number of alkyl halides is 24. The summed E-state index contributed by atoms with van der Waals surface area (Å²) >= 11 is 0. The third-order valence-electron chi connectivity index (χ3n) is 26.8. The number of ketones is 2. The Balaban J connectivity index is 0.000000163. The molecule has 6 fully saturated rings. The van der Waals surface area contributed by atoms with Crippen LogP contribution in [0.5, 0.6) is 17.2 Å². The number of benzene rings is 9. The number of carbonyl (C=O) groups is 4. The number of ether oxygens (including phenoxy) is 3. The molecule has 17 nitrogen and oxygen atoms in total. The highest BCUT2D eigenvalue weighted by Crippen LogP contribution is 2.57. The fourth-order valence-electron chi connectivity index (χ4n) is 20.1. The van der Waals surface area contributed by atoms with Crippen molar-refractivity contribution in [3.8, 4) is 72.9 Å². The Hall–Kier alpha value is -13.3. The summed E-state index contributed by atoms with van der Waals surface area (Å²) in [5.41, 5.74) is -2.00. The molecule has 0 radical (unpaired) electrons. The van der Waals surface area contributed by atoms with Gasteiger partial charge in [0, 0.05) is 51.8 Å². The zero-order valence-corrected chi connectivity index (χ0v) is 78.1. The number of nitrogens with one attached hydrogen (secondary N) is 3. The molecule has 4 amide bonds. The fraction of sp³-hybridized carbons (Fsp3) is 0.333. The number of fused-ring (bicyclic) bond motifs is 3. The number of aromatic nitrogens is 2. The van der Waals surface area contributed by atoms with Gasteiger partial charge in [0.2, 0.25) is 0 Å². The number of Topliss-reactive ketones (excluding diaryl/α,β-unsaturated/α-hetero) is 2. The van der Waals surface area contributed by atoms with E-state index in [1.807, 2.05) is 39.8 Å². The molecule has 0 saturated carbocycles. The molecule has 0 bridgehead atoms. The molecular weight excluding hydrogens is 1970 g/mol. The highest BCUT2D eigenvalue weighted by atomic mass is 32.2. The second kappa shape index (κ2) is 38.7. The van der Waals surface area contributed by atoms with Crippen molar-refractivity contribution in [2.24, 2.45) is 0 Å². The molecule has 3 N–H and O–H groups in total. The second-order valence-electron chi connectivity index (χ2n) is 36.1. The molecule has 144 heavy (non-hydrogen) atoms. The quantitative estimate of drug-likeness (QED) is 0.0578. The Bertz CT molecular complexity index is 6930. The van der Waals surface area contributed by atoms with E-state index in [0.717, 1.165) is 86.5 Å². The van der Waals surface area contributed by atoms with Crippen LogP contribution in [-0.4, -0.2) is 95.6 Å². The highest BCUT2D eigenvalue weighted by molar-refractivity contribution is 7.87. The van der Waals surface area contributed by atoms with Gasteiger partial charge in [0.05, 0.1) is 103 Å². The summed E-state index contributed by atoms with van der Waals surface area (Å²) in [5.74, 6) is 0.747. The first-order valence-corrected chi connectivity index (χ1v) is 45.9. The molecule has 2 aromatic heterocycles. The van der Waals surface area contributed by atoms with E-state index in [2.05, 4.69) is 25.3 Å². The SMILES string of the molecule is COc1cc(C)c(C(C)C)cc1-c1ccc(C(F)(F)F)cc1[C@@H]1CC[C@H]2[C@@H](c3cc(C(F)(F)F)cc(C(F)(F)F)c3)NS(=O)(=O)N12.COc1ccc(-c2ccc(C(C)=O)cc2C)cc1-c1ccc(C(F)(F)F)cc1[C@@H]1CC[C@H]2[C@@H](c3ccnc(C(F)(F)F)c3)NC(=O)N12.COc1ccc(-c2ccc(C(C)=O)cc2C)cc1-c1cnc(C(F)(F)F)cc1[C@@H]1CC[C@H]2[C@@H](c3cc(C(F)(F)F)cc(C(F)(F)F)c3)NC(=O)N12. The van der Waals surface area contributed by atoms with Gasteiger partial charge in [-0.15, -0.1) is 0 Å². The zero-order valence-electron chi connectivity index (χ0n) is 77.3. The maximum Gasteiger partial charge on any atom is 0.433 e. The predicted octanol–water partition coefficient (Wildman–Crippen LogP) is 27.8. The van der Waals surface area contributed by atoms with E-state index in [4.69, 9.17) is 14.2 Å². The van der Waals surface area contributed by atoms with Crippen molar-refractivity contribution in [3.63, 3.8) is 0 Å². The van der Waals surface area contributed by atoms with Crippen LogP contribution in [0.4, 0.5) is 115 Å². The third kappa shape index (κ3) is 21.1. The Morgan fingerprint density at radius 3 is 1.15 bits per heavy atom. The summed E-state index contributed by atoms with van der Waals surface area (Å²) in [5, 5.41) is 5.22. The molecule has 42 heteroatoms. The lowest BCUT2D eigenvalue weighted by molar-refractivity contribution is -0.144. The lowest BCUT2D eigenvalue weighted by Crippen LogP contribution is -2.33. The summed E-state index contributed by atoms with van der Waals surface area (Å²) in [6.45, 7) is 12.2. The highest BCUT2D eigenvalue weighted by Gasteiger charge is 2.57. The van der Waals surface area contributed by atoms with Crippen molar-refractivity contribution < 1.29 is 147 Å². The van der Waals surface area contributed by atoms with E-state index in [-0.39, 0.29) is 101 Å². The fourth-order valence-corrected chi connectivity index (χ4v) is 22.0. The molecule has 6 saturated heterocycles. The number of hydrogen-bond donors (Lipinski definition) is 3. The molecule has 6 aliphatic heterocycles. The molecule has 762 valence electrons. The van der Waals surface area contributed by atoms with Crippen LogP contribution < -0.4 is 29.6 Å². The smallest absolute Gasteiger partial charge is 0.433 e. The summed E-state index contributed by atoms with van der Waals surface area (Å²) in [6.07, 6.45) is -37.0. The van der Waals surface area contributed by atoms with Crippen LogP contribution >= 0.6 is 0 Å². The van der Waals surface area contributed by atoms with E-state index in [1.165, 1.54) is 63.2 Å². The molecule has 9 atom stereocenters. The van der Waals surface area contributed by atoms with E-state index >= 15 is 0 Å². The van der Waals surface area contributed by atoms with Crippen molar-refractivity contribution in [1.82, 2.24) is 39.4 Å². The number of methoxy groups -OCH3 is 3. The first-order valence-electron chi connectivity index (χ1n) is 44.5. The average molecular weight is 2060 g/mol. The number of amides is 4. The van der Waals surface area contributed by atoms with Gasteiger partial charge in [-0.3, -0.25) is 19.6 Å². The molecule has 0 spiro atoms. The lowest BCUT2D eigenvalue weighted by atomic mass is 9.88. The number of rotatable bonds is 17. The van der Waals surface area contributed by atoms with Crippen molar-refractivity contribution in [2.45, 2.75) is 197 Å². The number of pyridine rings is 2. The van der Waals surface area contributed by atoms with E-state index in [1.54, 1.807) is 79.7 Å². The minimum atomic E-state index is -5.17. The second-order valence-corrected chi connectivity index (χ2v) is 37.7. The number of hydrogen-bond acceptors (Lipinski definition) is 11. The van der Waals surface area contributed by atoms with Crippen LogP contribution in [0.15, 0.2) is 188 Å². The van der Waals surface area contributed by atoms with Gasteiger partial charge in [-0.2, -0.15) is 123 Å². The van der Waals surface area contributed by atoms with E-state index < -0.39 is 182 Å². The molecule has 6 aliphatic rings. The van der Waals surface area contributed by atoms with Gasteiger partial charge in [-0.05, 0) is 295 Å². The Kier molecular flexibility index (Phi) is 28.2. The largest absolute Gasteiger partial charge is 0.496 e. The molecule has 0 unspecified atom stereocenters. The predicted molar refractivity (Wildman–Crippen MR) is 480 cm³/mol. The van der Waals surface area contributed by atoms with Crippen molar-refractivity contribution >= 4 is 33.8 Å². The number of nitrogens with zero attached hydrogens (tertiary/aromatic N) is 5. The Labute approximate surface area is 807 Å². The van der Waals surface area contributed by atoms with Gasteiger partial charge in [0.1, 0.15) is 28.6 Å². The summed E-state index contributed by atoms with van der Waals surface area (Å²) in [7, 11) is -0.411. The topological polar surface area (TPSA) is 202 Å². The third-order valence-corrected chi connectivity index (χ3v) is 28.4. The first-order chi connectivity index (χ1) is 67.1. The van der Waals surface area contributed by atoms with Gasteiger partial charge in [-0.25, -0.2) is 9.59 Å². The van der Waals surface area contributed by atoms with Gasteiger partial charge >= 0.3 is 61.5 Å². The van der Waals surface area contributed by atoms with Crippen molar-refractivity contribution in [3.05, 3.63) is 300 Å². The summed E-state index contributed by atoms with van der Waals surface area (Å²) < 4.78 is 377. The zero-order chi connectivity index (χ0) is 105. The first kappa shape index (κ1) is 105. The van der Waals surface area contributed by atoms with Gasteiger partial charge in [0.15, 0.2) is 11.6 Å². The molecule has 0 aliphatic carbocycles. The van der Waals surface area contributed by atoms with E-state index in [9.17, 15) is 133 Å². The maximum atomic E-state index is 14.1. The summed E-state index contributed by atoms with van der Waals surface area (Å²) in [4.78, 5) is 60.4. The lowest BCUT2D eigenvalue weighted by Gasteiger charge is -2.27. The van der Waals surface area contributed by atoms with Crippen LogP contribution in [0.3, 0.4) is 0 Å². The monoisotopic (exact) mass is 2050 g/mol. The standard InChI is InChI=1S/C36H28F9N3O3.C35H29F6N3O3.C31H29F9N2O3S/c1-17-10-19(18(2)49)4-6-24(17)20-5-9-30(51-3)26(13-20)27-16-46-31(36(43,44)45)15-25(27)28-7-8-29-32(47-33(50)48(28)29)21-11-22(34(37,38)39)14-23(12-21)35(40,41)42;1-18-14-20(19(2)45)4-7-24(18)21-5-11-30(47-3)27(15-21)25-8-6-23(34(36,37)38)17-26(25)28-9-10-29-32(43-33(46)44(28)29)22-12-13-42-31(16-22)35(39,40)41;1-15(2)22-14-24(27(45-4)9-16(22)3)21-6-5-18(29(32,33)34)13-23(21)25-7-8-26-28(41-46(43,44)42(25)26)17-10-19(30(35,36)37)12-20(11-17)31(38,39)40/h4-6,9-16,28-29,32H,7-8H2,1-3H3,(H,47,50);4-8,11-17,28-29,32H,9-10H2,1-3H3,(H,43,46);5-6,9-15,25-26,28,41H,7-8H2,1-4H3/t2*28-,29-,32+;25-,26-,28+/m000/s1. The van der Waals surface area contributed by atoms with Crippen molar-refractivity contribution in [1.29, 1.82) is 0 Å². The van der Waals surface area contributed by atoms with Gasteiger partial charge < -0.3 is 34.6 Å². The number of carbonyl (C=O) groups excluding carboxylic acids is 4. The van der Waals surface area contributed by atoms with E-state index in [0.29, 0.717) is 86.7 Å². The van der Waals surface area contributed by atoms with Gasteiger partial charge in [-0.1, -0.05) is 62.4 Å². The van der Waals surface area contributed by atoms with Crippen LogP contribution in [0.2, 0.25) is 0 Å². The number of urea groups is 2. The van der Waals surface area contributed by atoms with Crippen molar-refractivity contribution in [2.75, 3.05) is 21.3 Å². The molecule has 8 heterocycles. The Morgan fingerprint density at radius 2 is 0.743 bits per heavy atom. The molecule has 11 aromatic rings. The maximum absolute atomic E-state index is 14.1. The molecule has 17 rings (SSSR count). The minimum absolute atomic E-state index is 0.00903. The summed E-state index contributed by atoms with van der Waals surface area (Å²) in [6, 6.07) is 24.5.